The van der Waals surface area contributed by atoms with Gasteiger partial charge in [0.2, 0.25) is 5.89 Å². The fourth-order valence-corrected chi connectivity index (χ4v) is 4.15. The summed E-state index contributed by atoms with van der Waals surface area (Å²) in [7, 11) is 0. The summed E-state index contributed by atoms with van der Waals surface area (Å²) < 4.78 is 5.43. The van der Waals surface area contributed by atoms with Gasteiger partial charge in [0.05, 0.1) is 11.7 Å². The van der Waals surface area contributed by atoms with E-state index in [1.807, 2.05) is 11.8 Å². The lowest BCUT2D eigenvalue weighted by Crippen LogP contribution is -2.28. The van der Waals surface area contributed by atoms with Crippen LogP contribution in [0.4, 0.5) is 0 Å². The highest BCUT2D eigenvalue weighted by Crippen LogP contribution is 2.30. The summed E-state index contributed by atoms with van der Waals surface area (Å²) in [5.41, 5.74) is 0. The van der Waals surface area contributed by atoms with Gasteiger partial charge < -0.3 is 9.84 Å². The van der Waals surface area contributed by atoms with E-state index in [1.54, 1.807) is 0 Å². The lowest BCUT2D eigenvalue weighted by atomic mass is 10.00. The molecule has 0 spiro atoms. The number of thioether (sulfide) groups is 1. The first-order valence-corrected chi connectivity index (χ1v) is 8.61. The predicted molar refractivity (Wildman–Crippen MR) is 77.3 cm³/mol. The van der Waals surface area contributed by atoms with Crippen LogP contribution in [0.15, 0.2) is 4.52 Å². The number of rotatable bonds is 4. The molecule has 1 aromatic rings. The molecular weight excluding hydrogens is 258 g/mol. The summed E-state index contributed by atoms with van der Waals surface area (Å²) in [4.78, 5) is 4.58. The number of piperidine rings is 1. The van der Waals surface area contributed by atoms with Crippen LogP contribution in [0, 0.1) is 0 Å². The Bertz CT molecular complexity index is 384. The molecule has 2 fully saturated rings. The molecule has 2 heterocycles. The molecule has 0 unspecified atom stereocenters. The molecule has 2 aliphatic rings. The molecule has 4 nitrogen and oxygen atoms in total. The smallest absolute Gasteiger partial charge is 0.231 e. The molecule has 106 valence electrons. The van der Waals surface area contributed by atoms with Crippen molar-refractivity contribution in [3.8, 4) is 0 Å². The number of hydrogen-bond donors (Lipinski definition) is 1. The van der Waals surface area contributed by atoms with Crippen molar-refractivity contribution >= 4 is 11.8 Å². The third-order valence-corrected chi connectivity index (χ3v) is 5.50. The first kappa shape index (κ1) is 13.4. The lowest BCUT2D eigenvalue weighted by Gasteiger charge is -2.20. The quantitative estimate of drug-likeness (QED) is 0.919. The zero-order chi connectivity index (χ0) is 12.9. The molecule has 1 aliphatic carbocycles. The Morgan fingerprint density at radius 3 is 2.84 bits per heavy atom. The van der Waals surface area contributed by atoms with Gasteiger partial charge in [0.1, 0.15) is 0 Å². The molecule has 1 saturated carbocycles. The van der Waals surface area contributed by atoms with Crippen LogP contribution in [0.3, 0.4) is 0 Å². The van der Waals surface area contributed by atoms with E-state index < -0.39 is 0 Å². The number of nitrogens with zero attached hydrogens (tertiary/aromatic N) is 2. The Balaban J connectivity index is 1.49. The number of hydrogen-bond acceptors (Lipinski definition) is 5. The van der Waals surface area contributed by atoms with Crippen molar-refractivity contribution in [3.05, 3.63) is 11.7 Å². The van der Waals surface area contributed by atoms with E-state index in [4.69, 9.17) is 4.52 Å². The maximum atomic E-state index is 5.43. The number of aromatic nitrogens is 2. The first-order valence-electron chi connectivity index (χ1n) is 7.56. The second-order valence-electron chi connectivity index (χ2n) is 5.66. The fourth-order valence-electron chi connectivity index (χ4n) is 2.98. The Morgan fingerprint density at radius 2 is 2.05 bits per heavy atom. The van der Waals surface area contributed by atoms with E-state index in [2.05, 4.69) is 15.5 Å². The van der Waals surface area contributed by atoms with Crippen LogP contribution in [0.2, 0.25) is 0 Å². The van der Waals surface area contributed by atoms with Crippen LogP contribution in [-0.4, -0.2) is 28.5 Å². The molecular formula is C14H23N3OS. The zero-order valence-corrected chi connectivity index (χ0v) is 12.3. The van der Waals surface area contributed by atoms with Crippen LogP contribution in [0.1, 0.15) is 62.6 Å². The van der Waals surface area contributed by atoms with Gasteiger partial charge in [-0.05, 0) is 32.2 Å². The SMILES string of the molecule is C1CCC(SCc2noc([C@H]3CCCNC3)n2)CC1. The second-order valence-corrected chi connectivity index (χ2v) is 6.95. The Hall–Kier alpha value is -0.550. The maximum absolute atomic E-state index is 5.43. The summed E-state index contributed by atoms with van der Waals surface area (Å²) in [5, 5.41) is 8.35. The van der Waals surface area contributed by atoms with Crippen molar-refractivity contribution in [2.24, 2.45) is 0 Å². The Labute approximate surface area is 119 Å². The molecule has 1 N–H and O–H groups in total. The first-order chi connectivity index (χ1) is 9.42. The van der Waals surface area contributed by atoms with Crippen molar-refractivity contribution in [3.63, 3.8) is 0 Å². The van der Waals surface area contributed by atoms with E-state index in [1.165, 1.54) is 44.9 Å². The maximum Gasteiger partial charge on any atom is 0.231 e. The highest BCUT2D eigenvalue weighted by molar-refractivity contribution is 7.99. The van der Waals surface area contributed by atoms with Gasteiger partial charge in [-0.3, -0.25) is 0 Å². The number of nitrogens with one attached hydrogen (secondary N) is 1. The van der Waals surface area contributed by atoms with Gasteiger partial charge in [-0.2, -0.15) is 16.7 Å². The van der Waals surface area contributed by atoms with Crippen LogP contribution in [0.5, 0.6) is 0 Å². The monoisotopic (exact) mass is 281 g/mol. The molecule has 5 heteroatoms. The topological polar surface area (TPSA) is 51.0 Å². The zero-order valence-electron chi connectivity index (χ0n) is 11.4. The summed E-state index contributed by atoms with van der Waals surface area (Å²) in [5.74, 6) is 3.06. The molecule has 19 heavy (non-hydrogen) atoms. The average Bonchev–Trinajstić information content (AvgIpc) is 2.96. The second kappa shape index (κ2) is 6.75. The molecule has 0 radical (unpaired) electrons. The van der Waals surface area contributed by atoms with E-state index >= 15 is 0 Å². The van der Waals surface area contributed by atoms with Gasteiger partial charge in [-0.15, -0.1) is 0 Å². The van der Waals surface area contributed by atoms with Crippen molar-refractivity contribution in [1.82, 2.24) is 15.5 Å². The Kier molecular flexibility index (Phi) is 4.77. The molecule has 3 rings (SSSR count). The largest absolute Gasteiger partial charge is 0.339 e. The minimum Gasteiger partial charge on any atom is -0.339 e. The minimum absolute atomic E-state index is 0.426. The third-order valence-electron chi connectivity index (χ3n) is 4.13. The molecule has 0 amide bonds. The van der Waals surface area contributed by atoms with E-state index in [0.717, 1.165) is 35.8 Å². The molecule has 1 aliphatic heterocycles. The molecule has 1 aromatic heterocycles. The molecule has 1 atom stereocenters. The fraction of sp³-hybridized carbons (Fsp3) is 0.857. The van der Waals surface area contributed by atoms with Crippen molar-refractivity contribution < 1.29 is 4.52 Å². The standard InChI is InChI=1S/C14H23N3OS/c1-2-6-12(7-3-1)19-10-13-16-14(18-17-13)11-5-4-8-15-9-11/h11-12,15H,1-10H2/t11-/m0/s1. The van der Waals surface area contributed by atoms with Gasteiger partial charge in [-0.25, -0.2) is 0 Å². The van der Waals surface area contributed by atoms with Crippen LogP contribution >= 0.6 is 11.8 Å². The lowest BCUT2D eigenvalue weighted by molar-refractivity contribution is 0.320. The third kappa shape index (κ3) is 3.72. The van der Waals surface area contributed by atoms with Gasteiger partial charge >= 0.3 is 0 Å². The highest BCUT2D eigenvalue weighted by atomic mass is 32.2. The van der Waals surface area contributed by atoms with Crippen molar-refractivity contribution in [2.45, 2.75) is 61.9 Å². The summed E-state index contributed by atoms with van der Waals surface area (Å²) in [6.45, 7) is 2.10. The van der Waals surface area contributed by atoms with Crippen LogP contribution in [0.25, 0.3) is 0 Å². The van der Waals surface area contributed by atoms with Gasteiger partial charge in [0, 0.05) is 11.8 Å². The predicted octanol–water partition coefficient (Wildman–Crippen LogP) is 3.10. The summed E-state index contributed by atoms with van der Waals surface area (Å²) >= 11 is 2.01. The summed E-state index contributed by atoms with van der Waals surface area (Å²) in [6.07, 6.45) is 9.30. The normalized spacial score (nSPS) is 25.6. The molecule has 0 aromatic carbocycles. The van der Waals surface area contributed by atoms with E-state index in [0.29, 0.717) is 5.92 Å². The van der Waals surface area contributed by atoms with Crippen LogP contribution in [-0.2, 0) is 5.75 Å². The van der Waals surface area contributed by atoms with Gasteiger partial charge in [0.15, 0.2) is 5.82 Å². The average molecular weight is 281 g/mol. The van der Waals surface area contributed by atoms with Crippen molar-refractivity contribution in [1.29, 1.82) is 0 Å². The molecule has 1 saturated heterocycles. The van der Waals surface area contributed by atoms with Crippen molar-refractivity contribution in [2.75, 3.05) is 13.1 Å². The van der Waals surface area contributed by atoms with E-state index in [9.17, 15) is 0 Å². The highest BCUT2D eigenvalue weighted by Gasteiger charge is 2.22. The van der Waals surface area contributed by atoms with Crippen LogP contribution < -0.4 is 5.32 Å². The van der Waals surface area contributed by atoms with Gasteiger partial charge in [-0.1, -0.05) is 24.4 Å². The summed E-state index contributed by atoms with van der Waals surface area (Å²) in [6, 6.07) is 0. The van der Waals surface area contributed by atoms with Gasteiger partial charge in [0.25, 0.3) is 0 Å². The molecule has 0 bridgehead atoms. The Morgan fingerprint density at radius 1 is 1.16 bits per heavy atom. The van der Waals surface area contributed by atoms with E-state index in [-0.39, 0.29) is 0 Å². The minimum atomic E-state index is 0.426.